The number of hydrogen-bond donors (Lipinski definition) is 1. The maximum Gasteiger partial charge on any atom is 0.344 e. The number of esters is 1. The zero-order valence-corrected chi connectivity index (χ0v) is 16.3. The van der Waals surface area contributed by atoms with E-state index in [2.05, 4.69) is 32.2 Å². The van der Waals surface area contributed by atoms with Gasteiger partial charge in [0, 0.05) is 5.69 Å². The number of benzene rings is 2. The summed E-state index contributed by atoms with van der Waals surface area (Å²) >= 11 is 0. The van der Waals surface area contributed by atoms with Crippen LogP contribution in [0.4, 0.5) is 5.69 Å². The van der Waals surface area contributed by atoms with Crippen molar-refractivity contribution in [2.75, 3.05) is 18.5 Å². The molecule has 6 heteroatoms. The smallest absolute Gasteiger partial charge is 0.344 e. The van der Waals surface area contributed by atoms with Crippen LogP contribution in [-0.4, -0.2) is 25.1 Å². The fraction of sp³-hybridized carbons (Fsp3) is 0.318. The molecule has 0 aromatic heterocycles. The van der Waals surface area contributed by atoms with Crippen LogP contribution in [-0.2, 0) is 26.2 Å². The first kappa shape index (κ1) is 21.0. The number of anilines is 1. The lowest BCUT2D eigenvalue weighted by Crippen LogP contribution is -2.23. The van der Waals surface area contributed by atoms with Crippen LogP contribution in [0.2, 0.25) is 0 Å². The maximum atomic E-state index is 11.9. The molecule has 2 aromatic rings. The summed E-state index contributed by atoms with van der Waals surface area (Å²) in [5.41, 5.74) is 2.64. The molecule has 0 bridgehead atoms. The molecule has 0 aliphatic heterocycles. The molecule has 0 atom stereocenters. The first-order valence-electron chi connectivity index (χ1n) is 8.92. The number of rotatable bonds is 7. The number of nitrogens with zero attached hydrogens (tertiary/aromatic N) is 1. The minimum Gasteiger partial charge on any atom is -0.482 e. The van der Waals surface area contributed by atoms with E-state index in [9.17, 15) is 9.59 Å². The standard InChI is InChI=1S/C22H24N2O4/c1-22(2,3)17-6-10-19(11-7-17)27-15-21(26)28-14-20(25)24-18-8-4-16(5-9-18)12-13-23/h4-11H,12,14-15H2,1-3H3,(H,24,25). The van der Waals surface area contributed by atoms with Crippen molar-refractivity contribution < 1.29 is 19.1 Å². The Bertz CT molecular complexity index is 844. The summed E-state index contributed by atoms with van der Waals surface area (Å²) in [5.74, 6) is -0.512. The molecular weight excluding hydrogens is 356 g/mol. The van der Waals surface area contributed by atoms with Gasteiger partial charge in [-0.1, -0.05) is 45.0 Å². The number of amides is 1. The van der Waals surface area contributed by atoms with Crippen LogP contribution in [0.15, 0.2) is 48.5 Å². The average molecular weight is 380 g/mol. The highest BCUT2D eigenvalue weighted by Gasteiger charge is 2.13. The summed E-state index contributed by atoms with van der Waals surface area (Å²) in [6.45, 7) is 5.68. The van der Waals surface area contributed by atoms with E-state index in [1.165, 1.54) is 5.56 Å². The lowest BCUT2D eigenvalue weighted by molar-refractivity contribution is -0.149. The first-order valence-corrected chi connectivity index (χ1v) is 8.92. The van der Waals surface area contributed by atoms with E-state index in [4.69, 9.17) is 14.7 Å². The van der Waals surface area contributed by atoms with E-state index in [0.29, 0.717) is 17.9 Å². The Labute approximate surface area is 165 Å². The van der Waals surface area contributed by atoms with Crippen molar-refractivity contribution in [3.63, 3.8) is 0 Å². The molecule has 0 saturated heterocycles. The highest BCUT2D eigenvalue weighted by molar-refractivity contribution is 5.92. The van der Waals surface area contributed by atoms with Gasteiger partial charge in [0.1, 0.15) is 5.75 Å². The van der Waals surface area contributed by atoms with Gasteiger partial charge in [0.25, 0.3) is 5.91 Å². The normalized spacial score (nSPS) is 10.6. The van der Waals surface area contributed by atoms with Crippen LogP contribution in [0.25, 0.3) is 0 Å². The van der Waals surface area contributed by atoms with Crippen LogP contribution < -0.4 is 10.1 Å². The van der Waals surface area contributed by atoms with E-state index < -0.39 is 18.5 Å². The van der Waals surface area contributed by atoms with Gasteiger partial charge in [-0.2, -0.15) is 5.26 Å². The lowest BCUT2D eigenvalue weighted by atomic mass is 9.87. The topological polar surface area (TPSA) is 88.4 Å². The highest BCUT2D eigenvalue weighted by Crippen LogP contribution is 2.24. The van der Waals surface area contributed by atoms with Crippen LogP contribution in [0.3, 0.4) is 0 Å². The first-order chi connectivity index (χ1) is 13.3. The van der Waals surface area contributed by atoms with Gasteiger partial charge in [-0.3, -0.25) is 4.79 Å². The van der Waals surface area contributed by atoms with E-state index in [0.717, 1.165) is 5.56 Å². The van der Waals surface area contributed by atoms with Gasteiger partial charge in [-0.15, -0.1) is 0 Å². The zero-order valence-electron chi connectivity index (χ0n) is 16.3. The summed E-state index contributed by atoms with van der Waals surface area (Å²) < 4.78 is 10.3. The van der Waals surface area contributed by atoms with Gasteiger partial charge in [0.15, 0.2) is 13.2 Å². The van der Waals surface area contributed by atoms with Crippen LogP contribution in [0.5, 0.6) is 5.75 Å². The van der Waals surface area contributed by atoms with Crippen molar-refractivity contribution in [2.45, 2.75) is 32.6 Å². The van der Waals surface area contributed by atoms with Crippen molar-refractivity contribution in [3.05, 3.63) is 59.7 Å². The van der Waals surface area contributed by atoms with Crippen LogP contribution >= 0.6 is 0 Å². The van der Waals surface area contributed by atoms with E-state index in [1.807, 2.05) is 12.1 Å². The molecule has 146 valence electrons. The van der Waals surface area contributed by atoms with Gasteiger partial charge < -0.3 is 14.8 Å². The SMILES string of the molecule is CC(C)(C)c1ccc(OCC(=O)OCC(=O)Nc2ccc(CC#N)cc2)cc1. The predicted molar refractivity (Wildman–Crippen MR) is 106 cm³/mol. The summed E-state index contributed by atoms with van der Waals surface area (Å²) in [6, 6.07) is 16.5. The van der Waals surface area contributed by atoms with Gasteiger partial charge in [0.2, 0.25) is 0 Å². The molecule has 0 saturated carbocycles. The molecule has 0 unspecified atom stereocenters. The number of carbonyl (C=O) groups excluding carboxylic acids is 2. The predicted octanol–water partition coefficient (Wildman–Crippen LogP) is 3.61. The van der Waals surface area contributed by atoms with E-state index in [1.54, 1.807) is 36.4 Å². The Hall–Kier alpha value is -3.33. The molecule has 0 fully saturated rings. The van der Waals surface area contributed by atoms with Crippen LogP contribution in [0, 0.1) is 11.3 Å². The summed E-state index contributed by atoms with van der Waals surface area (Å²) in [7, 11) is 0. The summed E-state index contributed by atoms with van der Waals surface area (Å²) in [4.78, 5) is 23.6. The third-order valence-electron chi connectivity index (χ3n) is 3.96. The molecule has 1 amide bonds. The third kappa shape index (κ3) is 6.76. The quantitative estimate of drug-likeness (QED) is 0.741. The zero-order chi connectivity index (χ0) is 20.6. The van der Waals surface area contributed by atoms with Gasteiger partial charge in [0.05, 0.1) is 12.5 Å². The van der Waals surface area contributed by atoms with Crippen molar-refractivity contribution in [1.82, 2.24) is 0 Å². The number of nitriles is 1. The molecule has 0 aliphatic carbocycles. The Kier molecular flexibility index (Phi) is 7.16. The van der Waals surface area contributed by atoms with Crippen molar-refractivity contribution >= 4 is 17.6 Å². The summed E-state index contributed by atoms with van der Waals surface area (Å²) in [5, 5.41) is 11.3. The molecule has 0 spiro atoms. The molecule has 0 heterocycles. The molecule has 2 aromatic carbocycles. The van der Waals surface area contributed by atoms with Gasteiger partial charge in [-0.25, -0.2) is 4.79 Å². The second-order valence-electron chi connectivity index (χ2n) is 7.30. The molecule has 0 aliphatic rings. The molecule has 6 nitrogen and oxygen atoms in total. The monoisotopic (exact) mass is 380 g/mol. The molecule has 28 heavy (non-hydrogen) atoms. The van der Waals surface area contributed by atoms with E-state index in [-0.39, 0.29) is 12.0 Å². The van der Waals surface area contributed by atoms with Gasteiger partial charge in [-0.05, 0) is 40.8 Å². The Morgan fingerprint density at radius 1 is 1.00 bits per heavy atom. The fourth-order valence-electron chi connectivity index (χ4n) is 2.38. The summed E-state index contributed by atoms with van der Waals surface area (Å²) in [6.07, 6.45) is 0.310. The second-order valence-corrected chi connectivity index (χ2v) is 7.30. The fourth-order valence-corrected chi connectivity index (χ4v) is 2.38. The van der Waals surface area contributed by atoms with Crippen molar-refractivity contribution in [1.29, 1.82) is 5.26 Å². The molecule has 0 radical (unpaired) electrons. The van der Waals surface area contributed by atoms with Gasteiger partial charge >= 0.3 is 5.97 Å². The largest absolute Gasteiger partial charge is 0.482 e. The number of nitrogens with one attached hydrogen (secondary N) is 1. The molecular formula is C22H24N2O4. The van der Waals surface area contributed by atoms with Crippen LogP contribution in [0.1, 0.15) is 31.9 Å². The highest BCUT2D eigenvalue weighted by atomic mass is 16.6. The number of carbonyl (C=O) groups is 2. The van der Waals surface area contributed by atoms with Crippen molar-refractivity contribution in [2.24, 2.45) is 0 Å². The van der Waals surface area contributed by atoms with Crippen molar-refractivity contribution in [3.8, 4) is 11.8 Å². The molecule has 2 rings (SSSR count). The number of hydrogen-bond acceptors (Lipinski definition) is 5. The Balaban J connectivity index is 1.73. The lowest BCUT2D eigenvalue weighted by Gasteiger charge is -2.19. The maximum absolute atomic E-state index is 11.9. The minimum absolute atomic E-state index is 0.0425. The van der Waals surface area contributed by atoms with E-state index >= 15 is 0 Å². The second kappa shape index (κ2) is 9.56. The Morgan fingerprint density at radius 3 is 2.21 bits per heavy atom. The average Bonchev–Trinajstić information content (AvgIpc) is 2.66. The minimum atomic E-state index is -0.626. The molecule has 1 N–H and O–H groups in total. The third-order valence-corrected chi connectivity index (χ3v) is 3.96. The number of ether oxygens (including phenoxy) is 2. The Morgan fingerprint density at radius 2 is 1.64 bits per heavy atom.